The number of carbonyl (C=O) groups is 1. The smallest absolute Gasteiger partial charge is 0.246 e. The van der Waals surface area contributed by atoms with E-state index in [2.05, 4.69) is 39.8 Å². The number of amides is 1. The van der Waals surface area contributed by atoms with Crippen molar-refractivity contribution in [2.45, 2.75) is 110 Å². The molecule has 3 heteroatoms. The molecule has 0 rings (SSSR count). The average Bonchev–Trinajstić information content (AvgIpc) is 2.62. The van der Waals surface area contributed by atoms with Crippen molar-refractivity contribution < 1.29 is 9.28 Å². The summed E-state index contributed by atoms with van der Waals surface area (Å²) in [5.41, 5.74) is 0.602. The molecule has 0 radical (unpaired) electrons. The zero-order chi connectivity index (χ0) is 20.5. The molecule has 1 amide bonds. The van der Waals surface area contributed by atoms with Crippen LogP contribution in [-0.4, -0.2) is 43.6 Å². The lowest BCUT2D eigenvalue weighted by Crippen LogP contribution is -2.42. The van der Waals surface area contributed by atoms with Crippen molar-refractivity contribution >= 4 is 5.91 Å². The SMILES string of the molecule is C=C(C)C(=O)NC(CC)CCC[N+](C)(C)CCCCCCCCCCCC. The highest BCUT2D eigenvalue weighted by molar-refractivity contribution is 5.92. The van der Waals surface area contributed by atoms with Crippen LogP contribution < -0.4 is 5.32 Å². The Balaban J connectivity index is 3.72. The predicted octanol–water partition coefficient (Wildman–Crippen LogP) is 6.23. The van der Waals surface area contributed by atoms with Gasteiger partial charge < -0.3 is 9.80 Å². The number of nitrogens with zero attached hydrogens (tertiary/aromatic N) is 1. The van der Waals surface area contributed by atoms with Gasteiger partial charge in [-0.05, 0) is 39.0 Å². The highest BCUT2D eigenvalue weighted by Crippen LogP contribution is 2.13. The summed E-state index contributed by atoms with van der Waals surface area (Å²) < 4.78 is 1.10. The molecule has 0 aliphatic heterocycles. The Kier molecular flexibility index (Phi) is 15.7. The second kappa shape index (κ2) is 16.2. The third-order valence-electron chi connectivity index (χ3n) is 5.65. The topological polar surface area (TPSA) is 29.1 Å². The zero-order valence-corrected chi connectivity index (χ0v) is 19.2. The number of unbranched alkanes of at least 4 members (excludes halogenated alkanes) is 9. The molecule has 0 heterocycles. The first-order valence-corrected chi connectivity index (χ1v) is 11.6. The van der Waals surface area contributed by atoms with Crippen LogP contribution in [-0.2, 0) is 4.79 Å². The van der Waals surface area contributed by atoms with E-state index < -0.39 is 0 Å². The van der Waals surface area contributed by atoms with Crippen LogP contribution >= 0.6 is 0 Å². The molecule has 0 aromatic heterocycles. The maximum absolute atomic E-state index is 11.8. The van der Waals surface area contributed by atoms with E-state index in [9.17, 15) is 4.79 Å². The minimum Gasteiger partial charge on any atom is -0.350 e. The third kappa shape index (κ3) is 15.9. The van der Waals surface area contributed by atoms with Gasteiger partial charge in [0.15, 0.2) is 0 Å². The number of quaternary nitrogens is 1. The monoisotopic (exact) mass is 381 g/mol. The first-order chi connectivity index (χ1) is 12.8. The number of hydrogen-bond acceptors (Lipinski definition) is 1. The Morgan fingerprint density at radius 2 is 1.33 bits per heavy atom. The Hall–Kier alpha value is -0.830. The summed E-state index contributed by atoms with van der Waals surface area (Å²) in [6.45, 7) is 12.4. The quantitative estimate of drug-likeness (QED) is 0.170. The second-order valence-corrected chi connectivity index (χ2v) is 9.07. The Morgan fingerprint density at radius 1 is 0.852 bits per heavy atom. The van der Waals surface area contributed by atoms with E-state index >= 15 is 0 Å². The first kappa shape index (κ1) is 26.2. The molecular formula is C24H49N2O+. The van der Waals surface area contributed by atoms with Gasteiger partial charge in [0.2, 0.25) is 5.91 Å². The molecule has 0 aliphatic carbocycles. The van der Waals surface area contributed by atoms with Gasteiger partial charge in [0.25, 0.3) is 0 Å². The van der Waals surface area contributed by atoms with Crippen molar-refractivity contribution in [1.82, 2.24) is 5.32 Å². The molecule has 0 aromatic carbocycles. The van der Waals surface area contributed by atoms with Crippen molar-refractivity contribution in [1.29, 1.82) is 0 Å². The summed E-state index contributed by atoms with van der Waals surface area (Å²) in [4.78, 5) is 11.8. The van der Waals surface area contributed by atoms with Crippen LogP contribution in [0.1, 0.15) is 104 Å². The van der Waals surface area contributed by atoms with Crippen LogP contribution in [0.4, 0.5) is 0 Å². The number of rotatable bonds is 18. The molecule has 3 nitrogen and oxygen atoms in total. The lowest BCUT2D eigenvalue weighted by atomic mass is 10.1. The molecule has 1 unspecified atom stereocenters. The van der Waals surface area contributed by atoms with Crippen molar-refractivity contribution in [2.75, 3.05) is 27.2 Å². The first-order valence-electron chi connectivity index (χ1n) is 11.6. The molecular weight excluding hydrogens is 332 g/mol. The maximum Gasteiger partial charge on any atom is 0.246 e. The van der Waals surface area contributed by atoms with E-state index in [4.69, 9.17) is 0 Å². The summed E-state index contributed by atoms with van der Waals surface area (Å²) in [6, 6.07) is 0.284. The van der Waals surface area contributed by atoms with Gasteiger partial charge >= 0.3 is 0 Å². The molecule has 160 valence electrons. The molecule has 0 saturated heterocycles. The maximum atomic E-state index is 11.8. The fraction of sp³-hybridized carbons (Fsp3) is 0.875. The molecule has 1 atom stereocenters. The van der Waals surface area contributed by atoms with Crippen LogP contribution in [0.3, 0.4) is 0 Å². The zero-order valence-electron chi connectivity index (χ0n) is 19.2. The van der Waals surface area contributed by atoms with Crippen molar-refractivity contribution in [3.63, 3.8) is 0 Å². The molecule has 0 spiro atoms. The van der Waals surface area contributed by atoms with E-state index in [0.717, 1.165) is 17.3 Å². The van der Waals surface area contributed by atoms with Crippen LogP contribution in [0.5, 0.6) is 0 Å². The molecule has 0 saturated carbocycles. The number of hydrogen-bond donors (Lipinski definition) is 1. The van der Waals surface area contributed by atoms with Gasteiger partial charge in [-0.15, -0.1) is 0 Å². The van der Waals surface area contributed by atoms with Crippen LogP contribution in [0.15, 0.2) is 12.2 Å². The summed E-state index contributed by atoms with van der Waals surface area (Å²) in [6.07, 6.45) is 17.2. The van der Waals surface area contributed by atoms with E-state index in [1.165, 1.54) is 83.7 Å². The van der Waals surface area contributed by atoms with Gasteiger partial charge in [0.05, 0.1) is 27.2 Å². The van der Waals surface area contributed by atoms with Crippen LogP contribution in [0.25, 0.3) is 0 Å². The van der Waals surface area contributed by atoms with Crippen molar-refractivity contribution in [2.24, 2.45) is 0 Å². The average molecular weight is 382 g/mol. The molecule has 27 heavy (non-hydrogen) atoms. The van der Waals surface area contributed by atoms with Gasteiger partial charge in [-0.2, -0.15) is 0 Å². The lowest BCUT2D eigenvalue weighted by molar-refractivity contribution is -0.890. The van der Waals surface area contributed by atoms with Crippen molar-refractivity contribution in [3.05, 3.63) is 12.2 Å². The van der Waals surface area contributed by atoms with E-state index in [0.29, 0.717) is 5.57 Å². The Labute approximate surface area is 170 Å². The molecule has 0 bridgehead atoms. The lowest BCUT2D eigenvalue weighted by Gasteiger charge is -2.30. The third-order valence-corrected chi connectivity index (χ3v) is 5.65. The van der Waals surface area contributed by atoms with E-state index in [-0.39, 0.29) is 11.9 Å². The summed E-state index contributed by atoms with van der Waals surface area (Å²) in [5.74, 6) is 0.000892. The van der Waals surface area contributed by atoms with Gasteiger partial charge in [-0.1, -0.05) is 71.8 Å². The van der Waals surface area contributed by atoms with Gasteiger partial charge in [-0.25, -0.2) is 0 Å². The molecule has 1 N–H and O–H groups in total. The predicted molar refractivity (Wildman–Crippen MR) is 120 cm³/mol. The number of nitrogens with one attached hydrogen (secondary N) is 1. The Bertz CT molecular complexity index is 390. The fourth-order valence-electron chi connectivity index (χ4n) is 3.59. The summed E-state index contributed by atoms with van der Waals surface area (Å²) >= 11 is 0. The minimum atomic E-state index is 0.000892. The minimum absolute atomic E-state index is 0.000892. The standard InChI is InChI=1S/C24H48N2O/c1-7-9-10-11-12-13-14-15-16-17-20-26(5,6)21-18-19-23(8-2)25-24(27)22(3)4/h23H,3,7-21H2,1-2,4-6H3/p+1. The number of carbonyl (C=O) groups excluding carboxylic acids is 1. The van der Waals surface area contributed by atoms with Gasteiger partial charge in [0.1, 0.15) is 0 Å². The fourth-order valence-corrected chi connectivity index (χ4v) is 3.59. The second-order valence-electron chi connectivity index (χ2n) is 9.07. The van der Waals surface area contributed by atoms with Crippen LogP contribution in [0, 0.1) is 0 Å². The highest BCUT2D eigenvalue weighted by atomic mass is 16.1. The molecule has 0 aliphatic rings. The highest BCUT2D eigenvalue weighted by Gasteiger charge is 2.16. The largest absolute Gasteiger partial charge is 0.350 e. The molecule has 0 aromatic rings. The normalized spacial score (nSPS) is 12.8. The van der Waals surface area contributed by atoms with Crippen molar-refractivity contribution in [3.8, 4) is 0 Å². The van der Waals surface area contributed by atoms with Crippen LogP contribution in [0.2, 0.25) is 0 Å². The summed E-state index contributed by atoms with van der Waals surface area (Å²) in [7, 11) is 4.70. The Morgan fingerprint density at radius 3 is 1.81 bits per heavy atom. The van der Waals surface area contributed by atoms with Gasteiger partial charge in [-0.3, -0.25) is 4.79 Å². The van der Waals surface area contributed by atoms with E-state index in [1.807, 2.05) is 0 Å². The van der Waals surface area contributed by atoms with Gasteiger partial charge in [0, 0.05) is 11.6 Å². The summed E-state index contributed by atoms with van der Waals surface area (Å²) in [5, 5.41) is 3.09. The van der Waals surface area contributed by atoms with E-state index in [1.54, 1.807) is 6.92 Å². The molecule has 0 fully saturated rings.